The molecule has 0 radical (unpaired) electrons. The molecule has 0 saturated carbocycles. The summed E-state index contributed by atoms with van der Waals surface area (Å²) in [4.78, 5) is 37.0. The van der Waals surface area contributed by atoms with E-state index < -0.39 is 17.8 Å². The van der Waals surface area contributed by atoms with Gasteiger partial charge < -0.3 is 14.8 Å². The van der Waals surface area contributed by atoms with E-state index in [4.69, 9.17) is 9.47 Å². The number of halogens is 1. The summed E-state index contributed by atoms with van der Waals surface area (Å²) in [5, 5.41) is 3.24. The minimum atomic E-state index is -0.585. The Balaban J connectivity index is 2.26. The van der Waals surface area contributed by atoms with E-state index in [2.05, 4.69) is 5.32 Å². The summed E-state index contributed by atoms with van der Waals surface area (Å²) in [6.07, 6.45) is 0. The second-order valence-electron chi connectivity index (χ2n) is 5.48. The molecular formula is C19H20FNO5S. The molecule has 1 heterocycles. The Morgan fingerprint density at radius 2 is 1.63 bits per heavy atom. The second kappa shape index (κ2) is 9.27. The highest BCUT2D eigenvalue weighted by Crippen LogP contribution is 2.34. The van der Waals surface area contributed by atoms with Gasteiger partial charge in [-0.25, -0.2) is 14.0 Å². The lowest BCUT2D eigenvalue weighted by molar-refractivity contribution is 0.0527. The van der Waals surface area contributed by atoms with Crippen LogP contribution in [0.4, 0.5) is 9.39 Å². The Bertz CT molecular complexity index is 845. The predicted molar refractivity (Wildman–Crippen MR) is 100 cm³/mol. The highest BCUT2D eigenvalue weighted by molar-refractivity contribution is 7.18. The van der Waals surface area contributed by atoms with Gasteiger partial charge in [-0.05, 0) is 50.6 Å². The summed E-state index contributed by atoms with van der Waals surface area (Å²) >= 11 is 1.03. The molecule has 144 valence electrons. The maximum absolute atomic E-state index is 13.0. The Morgan fingerprint density at radius 3 is 2.22 bits per heavy atom. The van der Waals surface area contributed by atoms with Crippen molar-refractivity contribution in [3.8, 4) is 0 Å². The zero-order chi connectivity index (χ0) is 20.0. The normalized spacial score (nSPS) is 10.4. The highest BCUT2D eigenvalue weighted by atomic mass is 32.1. The van der Waals surface area contributed by atoms with Crippen LogP contribution in [-0.4, -0.2) is 37.5 Å². The van der Waals surface area contributed by atoms with E-state index in [1.807, 2.05) is 0 Å². The summed E-state index contributed by atoms with van der Waals surface area (Å²) in [7, 11) is 0. The number of nitrogens with one attached hydrogen (secondary N) is 1. The van der Waals surface area contributed by atoms with Crippen LogP contribution in [0.2, 0.25) is 0 Å². The van der Waals surface area contributed by atoms with Gasteiger partial charge in [0.05, 0.1) is 25.3 Å². The maximum atomic E-state index is 13.0. The topological polar surface area (TPSA) is 81.7 Å². The van der Waals surface area contributed by atoms with E-state index >= 15 is 0 Å². The molecular weight excluding hydrogens is 373 g/mol. The van der Waals surface area contributed by atoms with E-state index in [0.717, 1.165) is 11.3 Å². The molecule has 2 aromatic rings. The fourth-order valence-corrected chi connectivity index (χ4v) is 3.46. The molecule has 0 atom stereocenters. The lowest BCUT2D eigenvalue weighted by atomic mass is 10.1. The van der Waals surface area contributed by atoms with Crippen molar-refractivity contribution in [1.82, 2.24) is 0 Å². The van der Waals surface area contributed by atoms with E-state index in [1.54, 1.807) is 20.8 Å². The van der Waals surface area contributed by atoms with Crippen molar-refractivity contribution in [3.05, 3.63) is 51.7 Å². The van der Waals surface area contributed by atoms with Gasteiger partial charge in [-0.15, -0.1) is 11.3 Å². The van der Waals surface area contributed by atoms with Crippen LogP contribution < -0.4 is 5.32 Å². The monoisotopic (exact) mass is 393 g/mol. The molecule has 0 aliphatic heterocycles. The molecule has 1 N–H and O–H groups in total. The van der Waals surface area contributed by atoms with E-state index in [9.17, 15) is 18.8 Å². The number of hydrogen-bond donors (Lipinski definition) is 1. The third-order valence-corrected chi connectivity index (χ3v) is 4.89. The van der Waals surface area contributed by atoms with Crippen molar-refractivity contribution in [2.24, 2.45) is 0 Å². The average molecular weight is 393 g/mol. The average Bonchev–Trinajstić information content (AvgIpc) is 2.97. The van der Waals surface area contributed by atoms with E-state index in [-0.39, 0.29) is 36.0 Å². The highest BCUT2D eigenvalue weighted by Gasteiger charge is 2.26. The summed E-state index contributed by atoms with van der Waals surface area (Å²) in [5.74, 6) is -1.84. The standard InChI is InChI=1S/C19H20FNO5S/c1-4-25-18(23)15-11(3)16(19(24)26-5-2)27-17(15)21-10-14(22)12-6-8-13(20)9-7-12/h6-9,21H,4-5,10H2,1-3H3. The zero-order valence-corrected chi connectivity index (χ0v) is 16.1. The fraction of sp³-hybridized carbons (Fsp3) is 0.316. The summed E-state index contributed by atoms with van der Waals surface area (Å²) in [6.45, 7) is 5.25. The Kier molecular flexibility index (Phi) is 7.06. The minimum Gasteiger partial charge on any atom is -0.462 e. The van der Waals surface area contributed by atoms with Crippen LogP contribution in [0.15, 0.2) is 24.3 Å². The molecule has 0 aliphatic rings. The largest absolute Gasteiger partial charge is 0.462 e. The van der Waals surface area contributed by atoms with Crippen molar-refractivity contribution in [2.75, 3.05) is 25.1 Å². The van der Waals surface area contributed by atoms with Crippen LogP contribution in [-0.2, 0) is 9.47 Å². The number of Topliss-reactive ketones (excluding diaryl/α,β-unsaturated/α-hetero) is 1. The van der Waals surface area contributed by atoms with Gasteiger partial charge in [0.1, 0.15) is 15.7 Å². The number of ether oxygens (including phenoxy) is 2. The number of thiophene rings is 1. The molecule has 0 bridgehead atoms. The molecule has 8 heteroatoms. The van der Waals surface area contributed by atoms with Gasteiger partial charge in [-0.3, -0.25) is 4.79 Å². The molecule has 0 spiro atoms. The van der Waals surface area contributed by atoms with Gasteiger partial charge >= 0.3 is 11.9 Å². The number of carbonyl (C=O) groups excluding carboxylic acids is 3. The zero-order valence-electron chi connectivity index (χ0n) is 15.3. The first-order valence-electron chi connectivity index (χ1n) is 8.39. The summed E-state index contributed by atoms with van der Waals surface area (Å²) in [5.41, 5.74) is 0.978. The number of benzene rings is 1. The number of esters is 2. The van der Waals surface area contributed by atoms with Crippen molar-refractivity contribution < 1.29 is 28.2 Å². The molecule has 1 aromatic carbocycles. The third-order valence-electron chi connectivity index (χ3n) is 3.66. The van der Waals surface area contributed by atoms with Crippen molar-refractivity contribution >= 4 is 34.1 Å². The van der Waals surface area contributed by atoms with Crippen LogP contribution >= 0.6 is 11.3 Å². The third kappa shape index (κ3) is 4.91. The number of carbonyl (C=O) groups is 3. The maximum Gasteiger partial charge on any atom is 0.348 e. The Hall–Kier alpha value is -2.74. The minimum absolute atomic E-state index is 0.125. The van der Waals surface area contributed by atoms with Crippen LogP contribution in [0, 0.1) is 12.7 Å². The Labute approximate surface area is 160 Å². The summed E-state index contributed by atoms with van der Waals surface area (Å²) in [6, 6.07) is 5.17. The number of anilines is 1. The van der Waals surface area contributed by atoms with Crippen LogP contribution in [0.1, 0.15) is 49.8 Å². The molecule has 0 amide bonds. The molecule has 0 aliphatic carbocycles. The quantitative estimate of drug-likeness (QED) is 0.542. The molecule has 0 fully saturated rings. The molecule has 0 saturated heterocycles. The first kappa shape index (κ1) is 20.6. The van der Waals surface area contributed by atoms with Gasteiger partial charge in [0, 0.05) is 5.56 Å². The number of rotatable bonds is 8. The van der Waals surface area contributed by atoms with Crippen molar-refractivity contribution in [1.29, 1.82) is 0 Å². The summed E-state index contributed by atoms with van der Waals surface area (Å²) < 4.78 is 23.0. The number of hydrogen-bond acceptors (Lipinski definition) is 7. The smallest absolute Gasteiger partial charge is 0.348 e. The molecule has 0 unspecified atom stereocenters. The molecule has 2 rings (SSSR count). The number of ketones is 1. The Morgan fingerprint density at radius 1 is 1.04 bits per heavy atom. The van der Waals surface area contributed by atoms with Crippen LogP contribution in [0.5, 0.6) is 0 Å². The molecule has 27 heavy (non-hydrogen) atoms. The van der Waals surface area contributed by atoms with Crippen LogP contribution in [0.3, 0.4) is 0 Å². The van der Waals surface area contributed by atoms with Crippen molar-refractivity contribution in [3.63, 3.8) is 0 Å². The van der Waals surface area contributed by atoms with Gasteiger partial charge in [0.25, 0.3) is 0 Å². The molecule has 6 nitrogen and oxygen atoms in total. The first-order chi connectivity index (χ1) is 12.9. The lowest BCUT2D eigenvalue weighted by Crippen LogP contribution is -2.16. The van der Waals surface area contributed by atoms with E-state index in [0.29, 0.717) is 16.1 Å². The van der Waals surface area contributed by atoms with Crippen molar-refractivity contribution in [2.45, 2.75) is 20.8 Å². The second-order valence-corrected chi connectivity index (χ2v) is 6.51. The van der Waals surface area contributed by atoms with Gasteiger partial charge in [-0.2, -0.15) is 0 Å². The first-order valence-corrected chi connectivity index (χ1v) is 9.20. The van der Waals surface area contributed by atoms with Gasteiger partial charge in [0.2, 0.25) is 0 Å². The van der Waals surface area contributed by atoms with Crippen LogP contribution in [0.25, 0.3) is 0 Å². The fourth-order valence-electron chi connectivity index (χ4n) is 2.38. The van der Waals surface area contributed by atoms with E-state index in [1.165, 1.54) is 24.3 Å². The van der Waals surface area contributed by atoms with Gasteiger partial charge in [-0.1, -0.05) is 0 Å². The molecule has 1 aromatic heterocycles. The SMILES string of the molecule is CCOC(=O)c1sc(NCC(=O)c2ccc(F)cc2)c(C(=O)OCC)c1C. The van der Waals surface area contributed by atoms with Gasteiger partial charge in [0.15, 0.2) is 5.78 Å². The predicted octanol–water partition coefficient (Wildman–Crippen LogP) is 3.84. The lowest BCUT2D eigenvalue weighted by Gasteiger charge is -2.07.